The maximum absolute atomic E-state index is 12.4. The molecule has 1 amide bonds. The van der Waals surface area contributed by atoms with Gasteiger partial charge in [0.1, 0.15) is 12.4 Å². The summed E-state index contributed by atoms with van der Waals surface area (Å²) in [6, 6.07) is 17.3. The summed E-state index contributed by atoms with van der Waals surface area (Å²) < 4.78 is 7.16. The summed E-state index contributed by atoms with van der Waals surface area (Å²) in [5.74, 6) is 7.19. The highest BCUT2D eigenvalue weighted by atomic mass is 32.2. The molecule has 0 saturated carbocycles. The van der Waals surface area contributed by atoms with Gasteiger partial charge in [-0.2, -0.15) is 0 Å². The number of nitrogen functional groups attached to an aromatic ring is 1. The molecule has 0 radical (unpaired) electrons. The van der Waals surface area contributed by atoms with Gasteiger partial charge >= 0.3 is 0 Å². The van der Waals surface area contributed by atoms with Gasteiger partial charge in [0, 0.05) is 5.69 Å². The lowest BCUT2D eigenvalue weighted by molar-refractivity contribution is -0.115. The highest BCUT2D eigenvalue weighted by Gasteiger charge is 2.20. The van der Waals surface area contributed by atoms with Crippen molar-refractivity contribution in [3.8, 4) is 5.75 Å². The third kappa shape index (κ3) is 5.54. The summed E-state index contributed by atoms with van der Waals surface area (Å²) in [5.41, 5.74) is 2.07. The molecule has 2 aromatic carbocycles. The molecular weight excluding hydrogens is 398 g/mol. The third-order valence-electron chi connectivity index (χ3n) is 4.52. The number of amides is 1. The molecular formula is C22H27N5O2S. The number of nitrogens with one attached hydrogen (secondary N) is 1. The lowest BCUT2D eigenvalue weighted by atomic mass is 9.87. The number of ether oxygens (including phenoxy) is 1. The number of hydrogen-bond donors (Lipinski definition) is 2. The summed E-state index contributed by atoms with van der Waals surface area (Å²) in [6.45, 7) is 8.48. The maximum atomic E-state index is 12.4. The van der Waals surface area contributed by atoms with Gasteiger partial charge in [0.05, 0.1) is 5.25 Å². The van der Waals surface area contributed by atoms with Gasteiger partial charge in [0.15, 0.2) is 5.82 Å². The van der Waals surface area contributed by atoms with Crippen molar-refractivity contribution in [3.63, 3.8) is 0 Å². The normalized spacial score (nSPS) is 12.4. The summed E-state index contributed by atoms with van der Waals surface area (Å²) in [4.78, 5) is 12.4. The van der Waals surface area contributed by atoms with Crippen molar-refractivity contribution in [1.29, 1.82) is 0 Å². The second-order valence-corrected chi connectivity index (χ2v) is 9.26. The van der Waals surface area contributed by atoms with Gasteiger partial charge < -0.3 is 15.9 Å². The fourth-order valence-electron chi connectivity index (χ4n) is 2.66. The van der Waals surface area contributed by atoms with Crippen LogP contribution in [0.3, 0.4) is 0 Å². The molecule has 0 aliphatic rings. The molecule has 0 aliphatic carbocycles. The molecule has 3 rings (SSSR count). The zero-order valence-electron chi connectivity index (χ0n) is 17.6. The van der Waals surface area contributed by atoms with Crippen molar-refractivity contribution in [2.45, 2.75) is 50.1 Å². The number of nitrogens with two attached hydrogens (primary N) is 1. The van der Waals surface area contributed by atoms with E-state index in [1.165, 1.54) is 22.0 Å². The minimum absolute atomic E-state index is 0.0889. The Labute approximate surface area is 181 Å². The molecule has 3 aromatic rings. The average Bonchev–Trinajstić information content (AvgIpc) is 3.06. The summed E-state index contributed by atoms with van der Waals surface area (Å²) in [7, 11) is 0. The van der Waals surface area contributed by atoms with Crippen LogP contribution in [0.2, 0.25) is 0 Å². The minimum atomic E-state index is -0.393. The van der Waals surface area contributed by atoms with E-state index in [1.807, 2.05) is 42.5 Å². The highest BCUT2D eigenvalue weighted by Crippen LogP contribution is 2.25. The molecule has 7 nitrogen and oxygen atoms in total. The first kappa shape index (κ1) is 21.7. The number of rotatable bonds is 7. The van der Waals surface area contributed by atoms with E-state index in [9.17, 15) is 4.79 Å². The Morgan fingerprint density at radius 2 is 1.80 bits per heavy atom. The second-order valence-electron chi connectivity index (χ2n) is 7.95. The molecule has 1 atom stereocenters. The summed E-state index contributed by atoms with van der Waals surface area (Å²) in [5, 5.41) is 11.1. The van der Waals surface area contributed by atoms with Crippen molar-refractivity contribution in [3.05, 3.63) is 66.0 Å². The fourth-order valence-corrected chi connectivity index (χ4v) is 3.45. The molecule has 0 unspecified atom stereocenters. The molecule has 1 heterocycles. The topological polar surface area (TPSA) is 95.1 Å². The van der Waals surface area contributed by atoms with Crippen LogP contribution in [-0.4, -0.2) is 26.0 Å². The number of para-hydroxylation sites is 1. The molecule has 30 heavy (non-hydrogen) atoms. The van der Waals surface area contributed by atoms with E-state index in [0.717, 1.165) is 11.4 Å². The highest BCUT2D eigenvalue weighted by molar-refractivity contribution is 8.00. The van der Waals surface area contributed by atoms with Gasteiger partial charge in [-0.25, -0.2) is 4.68 Å². The van der Waals surface area contributed by atoms with Crippen LogP contribution in [0.25, 0.3) is 0 Å². The van der Waals surface area contributed by atoms with Crippen molar-refractivity contribution in [2.24, 2.45) is 0 Å². The SMILES string of the molecule is C[C@@H](Sc1nnc(COc2ccc(C(C)(C)C)cc2)n1N)C(=O)Nc1ccccc1. The molecule has 158 valence electrons. The van der Waals surface area contributed by atoms with Crippen LogP contribution in [0.1, 0.15) is 39.1 Å². The van der Waals surface area contributed by atoms with Crippen molar-refractivity contribution in [1.82, 2.24) is 14.9 Å². The molecule has 0 aliphatic heterocycles. The smallest absolute Gasteiger partial charge is 0.237 e. The van der Waals surface area contributed by atoms with Gasteiger partial charge in [0.2, 0.25) is 11.1 Å². The van der Waals surface area contributed by atoms with Gasteiger partial charge in [0.25, 0.3) is 0 Å². The largest absolute Gasteiger partial charge is 0.486 e. The predicted molar refractivity (Wildman–Crippen MR) is 120 cm³/mol. The quantitative estimate of drug-likeness (QED) is 0.439. The van der Waals surface area contributed by atoms with Crippen LogP contribution < -0.4 is 15.9 Å². The van der Waals surface area contributed by atoms with Gasteiger partial charge in [-0.15, -0.1) is 10.2 Å². The van der Waals surface area contributed by atoms with Crippen molar-refractivity contribution in [2.75, 3.05) is 11.2 Å². The number of hydrogen-bond acceptors (Lipinski definition) is 6. The number of benzene rings is 2. The van der Waals surface area contributed by atoms with Crippen molar-refractivity contribution < 1.29 is 9.53 Å². The maximum Gasteiger partial charge on any atom is 0.237 e. The van der Waals surface area contributed by atoms with Crippen LogP contribution in [0.5, 0.6) is 5.75 Å². The van der Waals surface area contributed by atoms with Crippen LogP contribution in [0.4, 0.5) is 5.69 Å². The minimum Gasteiger partial charge on any atom is -0.486 e. The Kier molecular flexibility index (Phi) is 6.66. The lowest BCUT2D eigenvalue weighted by Gasteiger charge is -2.19. The van der Waals surface area contributed by atoms with E-state index < -0.39 is 5.25 Å². The number of carbonyl (C=O) groups is 1. The fraction of sp³-hybridized carbons (Fsp3) is 0.318. The van der Waals surface area contributed by atoms with E-state index in [0.29, 0.717) is 11.0 Å². The number of carbonyl (C=O) groups excluding carboxylic acids is 1. The number of nitrogens with zero attached hydrogens (tertiary/aromatic N) is 3. The van der Waals surface area contributed by atoms with Gasteiger partial charge in [-0.3, -0.25) is 4.79 Å². The van der Waals surface area contributed by atoms with Crippen LogP contribution in [-0.2, 0) is 16.8 Å². The summed E-state index contributed by atoms with van der Waals surface area (Å²) in [6.07, 6.45) is 0. The molecule has 3 N–H and O–H groups in total. The van der Waals surface area contributed by atoms with E-state index in [2.05, 4.69) is 48.4 Å². The Hall–Kier alpha value is -3.00. The van der Waals surface area contributed by atoms with E-state index in [4.69, 9.17) is 10.6 Å². The first-order valence-corrected chi connectivity index (χ1v) is 10.6. The Morgan fingerprint density at radius 3 is 2.43 bits per heavy atom. The Balaban J connectivity index is 1.57. The Bertz CT molecular complexity index is 981. The average molecular weight is 426 g/mol. The van der Waals surface area contributed by atoms with E-state index in [1.54, 1.807) is 6.92 Å². The van der Waals surface area contributed by atoms with Crippen LogP contribution >= 0.6 is 11.8 Å². The van der Waals surface area contributed by atoms with E-state index >= 15 is 0 Å². The first-order chi connectivity index (χ1) is 14.2. The second kappa shape index (κ2) is 9.21. The van der Waals surface area contributed by atoms with Crippen LogP contribution in [0, 0.1) is 0 Å². The molecule has 0 spiro atoms. The van der Waals surface area contributed by atoms with E-state index in [-0.39, 0.29) is 17.9 Å². The number of aromatic nitrogens is 3. The summed E-state index contributed by atoms with van der Waals surface area (Å²) >= 11 is 1.24. The van der Waals surface area contributed by atoms with Crippen molar-refractivity contribution >= 4 is 23.4 Å². The van der Waals surface area contributed by atoms with Gasteiger partial charge in [-0.1, -0.05) is 62.9 Å². The molecule has 0 saturated heterocycles. The molecule has 0 bridgehead atoms. The third-order valence-corrected chi connectivity index (χ3v) is 5.57. The Morgan fingerprint density at radius 1 is 1.13 bits per heavy atom. The first-order valence-electron chi connectivity index (χ1n) is 9.69. The zero-order chi connectivity index (χ0) is 21.7. The predicted octanol–water partition coefficient (Wildman–Crippen LogP) is 3.99. The van der Waals surface area contributed by atoms with Gasteiger partial charge in [-0.05, 0) is 42.2 Å². The molecule has 1 aromatic heterocycles. The lowest BCUT2D eigenvalue weighted by Crippen LogP contribution is -2.24. The monoisotopic (exact) mass is 425 g/mol. The molecule has 8 heteroatoms. The molecule has 0 fully saturated rings. The number of thioether (sulfide) groups is 1. The standard InChI is InChI=1S/C22H27N5O2S/c1-15(20(28)24-17-8-6-5-7-9-17)30-21-26-25-19(27(21)23)14-29-18-12-10-16(11-13-18)22(2,3)4/h5-13,15H,14,23H2,1-4H3,(H,24,28)/t15-/m1/s1. The number of anilines is 1. The zero-order valence-corrected chi connectivity index (χ0v) is 18.4. The van der Waals surface area contributed by atoms with Crippen LogP contribution in [0.15, 0.2) is 59.8 Å².